The summed E-state index contributed by atoms with van der Waals surface area (Å²) in [6.45, 7) is 9.22. The smallest absolute Gasteiger partial charge is 0.293 e. The van der Waals surface area contributed by atoms with Crippen LogP contribution in [0.25, 0.3) is 11.3 Å². The highest BCUT2D eigenvalue weighted by Crippen LogP contribution is 2.28. The molecule has 7 nitrogen and oxygen atoms in total. The number of nitrogens with one attached hydrogen (secondary N) is 2. The van der Waals surface area contributed by atoms with Gasteiger partial charge in [0.1, 0.15) is 0 Å². The second kappa shape index (κ2) is 11.1. The quantitative estimate of drug-likeness (QED) is 0.293. The molecule has 4 aromatic rings. The van der Waals surface area contributed by atoms with Crippen molar-refractivity contribution in [2.24, 2.45) is 7.05 Å². The third-order valence-electron chi connectivity index (χ3n) is 6.65. The highest BCUT2D eigenvalue weighted by molar-refractivity contribution is 6.04. The molecule has 0 aliphatic rings. The fourth-order valence-electron chi connectivity index (χ4n) is 4.08. The van der Waals surface area contributed by atoms with E-state index in [0.717, 1.165) is 17.8 Å². The molecule has 0 unspecified atom stereocenters. The molecule has 0 bridgehead atoms. The molecule has 0 aliphatic heterocycles. The van der Waals surface area contributed by atoms with Crippen molar-refractivity contribution in [3.63, 3.8) is 0 Å². The predicted octanol–water partition coefficient (Wildman–Crippen LogP) is 6.34. The number of halogens is 1. The van der Waals surface area contributed by atoms with Gasteiger partial charge in [0.25, 0.3) is 11.5 Å². The van der Waals surface area contributed by atoms with Gasteiger partial charge in [0.2, 0.25) is 0 Å². The van der Waals surface area contributed by atoms with Crippen LogP contribution in [0.4, 0.5) is 27.3 Å². The van der Waals surface area contributed by atoms with E-state index in [1.165, 1.54) is 16.8 Å². The lowest BCUT2D eigenvalue weighted by atomic mass is 9.87. The molecule has 3 aromatic carbocycles. The number of rotatable bonds is 7. The summed E-state index contributed by atoms with van der Waals surface area (Å²) in [6.07, 6.45) is 1.47. The summed E-state index contributed by atoms with van der Waals surface area (Å²) in [6, 6.07) is 19.6. The molecule has 202 valence electrons. The maximum absolute atomic E-state index is 15.6. The van der Waals surface area contributed by atoms with E-state index in [2.05, 4.69) is 48.2 Å². The average molecular weight is 528 g/mol. The molecule has 0 fully saturated rings. The van der Waals surface area contributed by atoms with E-state index in [1.807, 2.05) is 43.4 Å². The number of hydrogen-bond donors (Lipinski definition) is 2. The van der Waals surface area contributed by atoms with Gasteiger partial charge in [-0.25, -0.2) is 9.37 Å². The number of aryl methyl sites for hydroxylation is 1. The standard InChI is InChI=1S/C31H34FN5O2/c1-7-36(5)23-17-15-22(16-18-23)33-28-30(39)37(6)19-26(34-28)24-9-8-10-25(27(24)32)35-29(38)20-11-13-21(14-12-20)31(2,3)4/h8-19H,7H2,1-6H3,(H,33,34)(H,35,38). The summed E-state index contributed by atoms with van der Waals surface area (Å²) < 4.78 is 17.0. The second-order valence-electron chi connectivity index (χ2n) is 10.5. The number of amides is 1. The van der Waals surface area contributed by atoms with Crippen LogP contribution in [0.1, 0.15) is 43.6 Å². The van der Waals surface area contributed by atoms with Crippen LogP contribution in [-0.2, 0) is 12.5 Å². The molecule has 8 heteroatoms. The number of anilines is 4. The Morgan fingerprint density at radius 3 is 2.31 bits per heavy atom. The zero-order chi connectivity index (χ0) is 28.3. The van der Waals surface area contributed by atoms with Gasteiger partial charge in [-0.15, -0.1) is 0 Å². The minimum atomic E-state index is -0.638. The summed E-state index contributed by atoms with van der Waals surface area (Å²) in [5, 5.41) is 5.72. The molecule has 0 atom stereocenters. The highest BCUT2D eigenvalue weighted by Gasteiger charge is 2.18. The van der Waals surface area contributed by atoms with E-state index in [-0.39, 0.29) is 33.7 Å². The van der Waals surface area contributed by atoms with Gasteiger partial charge >= 0.3 is 0 Å². The lowest BCUT2D eigenvalue weighted by Gasteiger charge is -2.19. The number of nitrogens with zero attached hydrogens (tertiary/aromatic N) is 3. The Labute approximate surface area is 228 Å². The highest BCUT2D eigenvalue weighted by atomic mass is 19.1. The Bertz CT molecular complexity index is 1540. The van der Waals surface area contributed by atoms with Gasteiger partial charge in [0, 0.05) is 49.3 Å². The first-order valence-corrected chi connectivity index (χ1v) is 12.8. The van der Waals surface area contributed by atoms with E-state index in [4.69, 9.17) is 0 Å². The number of benzene rings is 3. The van der Waals surface area contributed by atoms with Crippen molar-refractivity contribution in [1.29, 1.82) is 0 Å². The van der Waals surface area contributed by atoms with Crippen LogP contribution < -0.4 is 21.1 Å². The first kappa shape index (κ1) is 27.6. The third-order valence-corrected chi connectivity index (χ3v) is 6.65. The fraction of sp³-hybridized carbons (Fsp3) is 0.258. The summed E-state index contributed by atoms with van der Waals surface area (Å²) >= 11 is 0. The Balaban J connectivity index is 1.60. The minimum absolute atomic E-state index is 0.0261. The monoisotopic (exact) mass is 527 g/mol. The van der Waals surface area contributed by atoms with Crippen LogP contribution in [-0.4, -0.2) is 29.1 Å². The van der Waals surface area contributed by atoms with E-state index >= 15 is 4.39 Å². The SMILES string of the molecule is CCN(C)c1ccc(Nc2nc(-c3cccc(NC(=O)c4ccc(C(C)(C)C)cc4)c3F)cn(C)c2=O)cc1. The molecule has 0 spiro atoms. The molecule has 0 saturated heterocycles. The lowest BCUT2D eigenvalue weighted by Crippen LogP contribution is -2.21. The molecule has 1 aromatic heterocycles. The van der Waals surface area contributed by atoms with E-state index in [1.54, 1.807) is 31.3 Å². The first-order chi connectivity index (χ1) is 18.5. The van der Waals surface area contributed by atoms with Crippen LogP contribution in [0.5, 0.6) is 0 Å². The minimum Gasteiger partial charge on any atom is -0.375 e. The molecular formula is C31H34FN5O2. The third kappa shape index (κ3) is 6.17. The summed E-state index contributed by atoms with van der Waals surface area (Å²) in [5.41, 5.74) is 3.31. The zero-order valence-electron chi connectivity index (χ0n) is 23.2. The van der Waals surface area contributed by atoms with Crippen molar-refractivity contribution in [3.8, 4) is 11.3 Å². The maximum atomic E-state index is 15.6. The molecule has 39 heavy (non-hydrogen) atoms. The second-order valence-corrected chi connectivity index (χ2v) is 10.5. The van der Waals surface area contributed by atoms with E-state index in [9.17, 15) is 9.59 Å². The molecule has 0 aliphatic carbocycles. The summed E-state index contributed by atoms with van der Waals surface area (Å²) in [4.78, 5) is 32.2. The Morgan fingerprint density at radius 1 is 1.03 bits per heavy atom. The lowest BCUT2D eigenvalue weighted by molar-refractivity contribution is 0.102. The normalized spacial score (nSPS) is 11.3. The number of carbonyl (C=O) groups is 1. The summed E-state index contributed by atoms with van der Waals surface area (Å²) in [5.74, 6) is -0.986. The van der Waals surface area contributed by atoms with Gasteiger partial charge in [0.05, 0.1) is 11.4 Å². The molecule has 0 radical (unpaired) electrons. The van der Waals surface area contributed by atoms with Gasteiger partial charge in [-0.1, -0.05) is 39.0 Å². The van der Waals surface area contributed by atoms with Crippen LogP contribution in [0.15, 0.2) is 77.7 Å². The number of carbonyl (C=O) groups excluding carboxylic acids is 1. The predicted molar refractivity (Wildman–Crippen MR) is 157 cm³/mol. The van der Waals surface area contributed by atoms with E-state index < -0.39 is 11.7 Å². The van der Waals surface area contributed by atoms with Crippen LogP contribution in [0.2, 0.25) is 0 Å². The molecule has 4 rings (SSSR count). The summed E-state index contributed by atoms with van der Waals surface area (Å²) in [7, 11) is 3.58. The van der Waals surface area contributed by atoms with Crippen molar-refractivity contribution in [2.45, 2.75) is 33.1 Å². The zero-order valence-corrected chi connectivity index (χ0v) is 23.2. The van der Waals surface area contributed by atoms with Crippen molar-refractivity contribution < 1.29 is 9.18 Å². The average Bonchev–Trinajstić information content (AvgIpc) is 2.92. The molecule has 1 amide bonds. The van der Waals surface area contributed by atoms with Gasteiger partial charge in [-0.3, -0.25) is 9.59 Å². The van der Waals surface area contributed by atoms with Gasteiger partial charge in [-0.05, 0) is 66.4 Å². The van der Waals surface area contributed by atoms with Crippen LogP contribution in [0.3, 0.4) is 0 Å². The first-order valence-electron chi connectivity index (χ1n) is 12.8. The van der Waals surface area contributed by atoms with Crippen molar-refractivity contribution >= 4 is 28.8 Å². The van der Waals surface area contributed by atoms with Crippen LogP contribution >= 0.6 is 0 Å². The Morgan fingerprint density at radius 2 is 1.69 bits per heavy atom. The Kier molecular flexibility index (Phi) is 7.85. The van der Waals surface area contributed by atoms with Crippen molar-refractivity contribution in [2.75, 3.05) is 29.1 Å². The topological polar surface area (TPSA) is 79.3 Å². The van der Waals surface area contributed by atoms with Crippen LogP contribution in [0, 0.1) is 5.82 Å². The molecular weight excluding hydrogens is 493 g/mol. The molecule has 0 saturated carbocycles. The Hall–Kier alpha value is -4.46. The van der Waals surface area contributed by atoms with E-state index in [0.29, 0.717) is 11.3 Å². The van der Waals surface area contributed by atoms with Gasteiger partial charge in [0.15, 0.2) is 11.6 Å². The fourth-order valence-corrected chi connectivity index (χ4v) is 4.08. The van der Waals surface area contributed by atoms with Gasteiger partial charge < -0.3 is 20.1 Å². The van der Waals surface area contributed by atoms with Crippen molar-refractivity contribution in [1.82, 2.24) is 9.55 Å². The van der Waals surface area contributed by atoms with Gasteiger partial charge in [-0.2, -0.15) is 0 Å². The molecule has 2 N–H and O–H groups in total. The number of aromatic nitrogens is 2. The largest absolute Gasteiger partial charge is 0.375 e. The number of hydrogen-bond acceptors (Lipinski definition) is 5. The van der Waals surface area contributed by atoms with Crippen molar-refractivity contribution in [3.05, 3.63) is 100 Å². The maximum Gasteiger partial charge on any atom is 0.293 e. The molecule has 1 heterocycles.